The standard InChI is InChI=1S/C12H14O4.2Na/c13-9-5-1-3-7(9)11(15)12(16)8-4-2-6-10(8)14;;/h15-16H,1-6H2;;/q;2*+1/p-2. The molecule has 2 saturated carbocycles. The molecule has 2 fully saturated rings. The molecular formula is C12H12Na2O4. The molecule has 0 N–H and O–H groups in total. The molecule has 0 aromatic rings. The summed E-state index contributed by atoms with van der Waals surface area (Å²) in [4.78, 5) is 22.6. The van der Waals surface area contributed by atoms with Crippen LogP contribution in [0.3, 0.4) is 0 Å². The summed E-state index contributed by atoms with van der Waals surface area (Å²) in [5, 5.41) is 23.4. The van der Waals surface area contributed by atoms with Crippen molar-refractivity contribution < 1.29 is 78.9 Å². The Balaban J connectivity index is 0.00000144. The van der Waals surface area contributed by atoms with Crippen molar-refractivity contribution in [2.45, 2.75) is 38.5 Å². The molecule has 2 aliphatic carbocycles. The van der Waals surface area contributed by atoms with Crippen LogP contribution in [0.2, 0.25) is 0 Å². The Morgan fingerprint density at radius 3 is 1.28 bits per heavy atom. The molecule has 18 heavy (non-hydrogen) atoms. The first-order valence-corrected chi connectivity index (χ1v) is 5.48. The van der Waals surface area contributed by atoms with Crippen molar-refractivity contribution in [3.63, 3.8) is 0 Å². The van der Waals surface area contributed by atoms with E-state index in [2.05, 4.69) is 0 Å². The Morgan fingerprint density at radius 1 is 0.722 bits per heavy atom. The van der Waals surface area contributed by atoms with Gasteiger partial charge in [0.25, 0.3) is 0 Å². The molecule has 2 rings (SSSR count). The first kappa shape index (κ1) is 18.4. The van der Waals surface area contributed by atoms with Gasteiger partial charge >= 0.3 is 59.1 Å². The van der Waals surface area contributed by atoms with E-state index in [-0.39, 0.29) is 81.8 Å². The normalized spacial score (nSPS) is 24.4. The molecule has 0 spiro atoms. The summed E-state index contributed by atoms with van der Waals surface area (Å²) in [5.41, 5.74) is 0.189. The number of Topliss-reactive ketones (excluding diaryl/α,β-unsaturated/α-hetero) is 2. The van der Waals surface area contributed by atoms with Crippen LogP contribution in [0.1, 0.15) is 38.5 Å². The average Bonchev–Trinajstić information content (AvgIpc) is 2.85. The summed E-state index contributed by atoms with van der Waals surface area (Å²) >= 11 is 0. The molecule has 0 aromatic carbocycles. The second-order valence-electron chi connectivity index (χ2n) is 4.17. The van der Waals surface area contributed by atoms with E-state index in [1.807, 2.05) is 0 Å². The molecule has 86 valence electrons. The van der Waals surface area contributed by atoms with Gasteiger partial charge in [0.2, 0.25) is 0 Å². The summed E-state index contributed by atoms with van der Waals surface area (Å²) < 4.78 is 0. The third kappa shape index (κ3) is 3.71. The summed E-state index contributed by atoms with van der Waals surface area (Å²) in [6.45, 7) is 0. The summed E-state index contributed by atoms with van der Waals surface area (Å²) in [5.74, 6) is -1.95. The van der Waals surface area contributed by atoms with E-state index in [9.17, 15) is 19.8 Å². The van der Waals surface area contributed by atoms with Gasteiger partial charge in [-0.05, 0) is 36.8 Å². The molecule has 0 aliphatic heterocycles. The zero-order valence-corrected chi connectivity index (χ0v) is 14.9. The van der Waals surface area contributed by atoms with Crippen LogP contribution in [-0.4, -0.2) is 11.6 Å². The molecule has 4 nitrogen and oxygen atoms in total. The summed E-state index contributed by atoms with van der Waals surface area (Å²) in [7, 11) is 0. The maximum Gasteiger partial charge on any atom is 1.00 e. The number of hydrogen-bond acceptors (Lipinski definition) is 4. The van der Waals surface area contributed by atoms with Gasteiger partial charge in [-0.25, -0.2) is 0 Å². The van der Waals surface area contributed by atoms with Gasteiger partial charge in [-0.2, -0.15) is 0 Å². The summed E-state index contributed by atoms with van der Waals surface area (Å²) in [6.07, 6.45) is 2.72. The molecule has 0 bridgehead atoms. The Bertz CT molecular complexity index is 384. The van der Waals surface area contributed by atoms with Crippen molar-refractivity contribution in [1.82, 2.24) is 0 Å². The van der Waals surface area contributed by atoms with Crippen molar-refractivity contribution in [2.75, 3.05) is 0 Å². The van der Waals surface area contributed by atoms with Crippen LogP contribution in [0.4, 0.5) is 0 Å². The number of allylic oxidation sites excluding steroid dienone is 2. The zero-order chi connectivity index (χ0) is 11.7. The SMILES string of the molecule is O=C1CCCC1=C([O-])C([O-])=C1CCCC1=O.[Na+].[Na+]. The van der Waals surface area contributed by atoms with Crippen LogP contribution in [0.25, 0.3) is 0 Å². The predicted molar refractivity (Wildman–Crippen MR) is 51.8 cm³/mol. The minimum Gasteiger partial charge on any atom is -0.873 e. The van der Waals surface area contributed by atoms with Crippen molar-refractivity contribution in [3.05, 3.63) is 22.7 Å². The van der Waals surface area contributed by atoms with Crippen LogP contribution in [-0.2, 0) is 9.59 Å². The minimum atomic E-state index is -0.743. The predicted octanol–water partition coefficient (Wildman–Crippen LogP) is -6.27. The average molecular weight is 266 g/mol. The van der Waals surface area contributed by atoms with Gasteiger partial charge in [-0.15, -0.1) is 11.5 Å². The number of rotatable bonds is 1. The van der Waals surface area contributed by atoms with E-state index in [4.69, 9.17) is 0 Å². The largest absolute Gasteiger partial charge is 1.00 e. The quantitative estimate of drug-likeness (QED) is 0.269. The Labute approximate surface area is 150 Å². The van der Waals surface area contributed by atoms with E-state index >= 15 is 0 Å². The van der Waals surface area contributed by atoms with Gasteiger partial charge in [0.15, 0.2) is 11.6 Å². The summed E-state index contributed by atoms with van der Waals surface area (Å²) in [6, 6.07) is 0. The molecule has 0 unspecified atom stereocenters. The Morgan fingerprint density at radius 2 is 1.06 bits per heavy atom. The second-order valence-corrected chi connectivity index (χ2v) is 4.17. The van der Waals surface area contributed by atoms with Crippen LogP contribution in [0.15, 0.2) is 22.7 Å². The number of carbonyl (C=O) groups excluding carboxylic acids is 2. The van der Waals surface area contributed by atoms with Crippen LogP contribution >= 0.6 is 0 Å². The molecule has 0 radical (unpaired) electrons. The monoisotopic (exact) mass is 266 g/mol. The molecule has 0 atom stereocenters. The van der Waals surface area contributed by atoms with E-state index < -0.39 is 11.5 Å². The van der Waals surface area contributed by atoms with Crippen molar-refractivity contribution in [1.29, 1.82) is 0 Å². The third-order valence-corrected chi connectivity index (χ3v) is 3.09. The van der Waals surface area contributed by atoms with Gasteiger partial charge in [0, 0.05) is 12.8 Å². The molecule has 0 heterocycles. The smallest absolute Gasteiger partial charge is 0.873 e. The van der Waals surface area contributed by atoms with Crippen LogP contribution < -0.4 is 69.3 Å². The van der Waals surface area contributed by atoms with Gasteiger partial charge in [-0.1, -0.05) is 0 Å². The zero-order valence-electron chi connectivity index (χ0n) is 10.9. The van der Waals surface area contributed by atoms with Gasteiger partial charge in [0.1, 0.15) is 0 Å². The van der Waals surface area contributed by atoms with Crippen molar-refractivity contribution in [2.24, 2.45) is 0 Å². The first-order chi connectivity index (χ1) is 7.61. The molecule has 6 heteroatoms. The fourth-order valence-corrected chi connectivity index (χ4v) is 2.19. The Hall–Kier alpha value is 0.420. The molecule has 0 aromatic heterocycles. The van der Waals surface area contributed by atoms with Crippen molar-refractivity contribution in [3.8, 4) is 0 Å². The van der Waals surface area contributed by atoms with E-state index in [1.165, 1.54) is 0 Å². The maximum absolute atomic E-state index is 11.7. The molecular weight excluding hydrogens is 254 g/mol. The van der Waals surface area contributed by atoms with Crippen LogP contribution in [0, 0.1) is 0 Å². The first-order valence-electron chi connectivity index (χ1n) is 5.48. The Kier molecular flexibility index (Phi) is 8.06. The number of hydrogen-bond donors (Lipinski definition) is 0. The minimum absolute atomic E-state index is 0. The number of carbonyl (C=O) groups is 2. The van der Waals surface area contributed by atoms with Gasteiger partial charge < -0.3 is 10.2 Å². The number of ketones is 2. The van der Waals surface area contributed by atoms with E-state index in [1.54, 1.807) is 0 Å². The second kappa shape index (κ2) is 7.88. The fourth-order valence-electron chi connectivity index (χ4n) is 2.19. The van der Waals surface area contributed by atoms with E-state index in [0.29, 0.717) is 38.5 Å². The third-order valence-electron chi connectivity index (χ3n) is 3.09. The van der Waals surface area contributed by atoms with E-state index in [0.717, 1.165) is 0 Å². The molecule has 0 amide bonds. The maximum atomic E-state index is 11.7. The van der Waals surface area contributed by atoms with Crippen LogP contribution in [0.5, 0.6) is 0 Å². The topological polar surface area (TPSA) is 80.3 Å². The fraction of sp³-hybridized carbons (Fsp3) is 0.500. The molecule has 0 saturated heterocycles. The molecule has 2 aliphatic rings. The van der Waals surface area contributed by atoms with Gasteiger partial charge in [-0.3, -0.25) is 9.59 Å². The van der Waals surface area contributed by atoms with Gasteiger partial charge in [0.05, 0.1) is 0 Å². The van der Waals surface area contributed by atoms with Crippen molar-refractivity contribution >= 4 is 11.6 Å².